The molecular weight excluding hydrogens is 234 g/mol. The van der Waals surface area contributed by atoms with Crippen molar-refractivity contribution in [3.05, 3.63) is 50.2 Å². The fourth-order valence-electron chi connectivity index (χ4n) is 1.35. The molecule has 0 unspecified atom stereocenters. The molecule has 0 fully saturated rings. The van der Waals surface area contributed by atoms with Gasteiger partial charge >= 0.3 is 0 Å². The topological polar surface area (TPSA) is 29.1 Å². The molecule has 2 heteroatoms. The number of carbonyl (C=O) groups excluding carboxylic acids is 1. The monoisotopic (exact) mass is 263 g/mol. The van der Waals surface area contributed by atoms with Gasteiger partial charge in [-0.2, -0.15) is 0 Å². The molecule has 0 amide bonds. The van der Waals surface area contributed by atoms with Gasteiger partial charge in [0.15, 0.2) is 0 Å². The minimum absolute atomic E-state index is 0.305. The lowest BCUT2D eigenvalue weighted by atomic mass is 10.1. The van der Waals surface area contributed by atoms with Gasteiger partial charge in [-0.25, -0.2) is 0 Å². The van der Waals surface area contributed by atoms with Crippen LogP contribution in [0.3, 0.4) is 0 Å². The average Bonchev–Trinajstić information content (AvgIpc) is 2.41. The van der Waals surface area contributed by atoms with Crippen molar-refractivity contribution in [3.8, 4) is 0 Å². The van der Waals surface area contributed by atoms with Gasteiger partial charge in [-0.3, -0.25) is 0 Å². The summed E-state index contributed by atoms with van der Waals surface area (Å²) in [5, 5.41) is 3.17. The van der Waals surface area contributed by atoms with Crippen LogP contribution in [0.4, 0.5) is 0 Å². The summed E-state index contributed by atoms with van der Waals surface area (Å²) in [6.07, 6.45) is 11.6. The van der Waals surface area contributed by atoms with Gasteiger partial charge in [0, 0.05) is 18.7 Å². The Balaban J connectivity index is 0. The van der Waals surface area contributed by atoms with Crippen LogP contribution in [-0.4, -0.2) is 12.3 Å². The van der Waals surface area contributed by atoms with E-state index in [-0.39, 0.29) is 0 Å². The number of hydrogen-bond acceptors (Lipinski definition) is 2. The molecule has 0 aliphatic heterocycles. The zero-order valence-corrected chi connectivity index (χ0v) is 12.4. The van der Waals surface area contributed by atoms with Crippen LogP contribution in [0.5, 0.6) is 0 Å². The Bertz CT molecular complexity index is 273. The normalized spacial score (nSPS) is 8.68. The van der Waals surface area contributed by atoms with Crippen LogP contribution in [-0.2, 0) is 4.79 Å². The molecule has 0 spiro atoms. The minimum atomic E-state index is 0.305. The lowest BCUT2D eigenvalue weighted by Gasteiger charge is -2.04. The van der Waals surface area contributed by atoms with Crippen LogP contribution in [0.1, 0.15) is 45.4 Å². The van der Waals surface area contributed by atoms with Gasteiger partial charge in [-0.15, -0.1) is 0 Å². The van der Waals surface area contributed by atoms with Crippen molar-refractivity contribution in [3.63, 3.8) is 0 Å². The molecular formula is C17H29NO. The molecule has 2 nitrogen and oxygen atoms in total. The summed E-state index contributed by atoms with van der Waals surface area (Å²) in [7, 11) is 0. The van der Waals surface area contributed by atoms with Gasteiger partial charge in [-0.05, 0) is 25.8 Å². The Morgan fingerprint density at radius 1 is 1.00 bits per heavy atom. The first kappa shape index (κ1) is 19.8. The fraction of sp³-hybridized carbons (Fsp3) is 0.471. The highest BCUT2D eigenvalue weighted by atomic mass is 16.1. The molecule has 0 atom stereocenters. The maximum Gasteiger partial charge on any atom is 0.129 e. The third-order valence-electron chi connectivity index (χ3n) is 2.47. The molecule has 0 aromatic heterocycles. The van der Waals surface area contributed by atoms with Crippen molar-refractivity contribution in [2.75, 3.05) is 6.54 Å². The van der Waals surface area contributed by atoms with E-state index in [0.29, 0.717) is 5.78 Å². The fourth-order valence-corrected chi connectivity index (χ4v) is 1.35. The third kappa shape index (κ3) is 22.1. The molecule has 0 radical (unpaired) electrons. The van der Waals surface area contributed by atoms with Gasteiger partial charge in [0.1, 0.15) is 5.78 Å². The van der Waals surface area contributed by atoms with Crippen molar-refractivity contribution in [2.24, 2.45) is 0 Å². The van der Waals surface area contributed by atoms with E-state index in [0.717, 1.165) is 31.5 Å². The van der Waals surface area contributed by atoms with Gasteiger partial charge in [0.2, 0.25) is 0 Å². The number of nitrogens with one attached hydrogen (secondary N) is 1. The van der Waals surface area contributed by atoms with E-state index < -0.39 is 0 Å². The molecule has 0 heterocycles. The summed E-state index contributed by atoms with van der Waals surface area (Å²) >= 11 is 0. The quantitative estimate of drug-likeness (QED) is 0.437. The van der Waals surface area contributed by atoms with E-state index >= 15 is 0 Å². The molecule has 0 bridgehead atoms. The zero-order chi connectivity index (χ0) is 14.9. The number of Topliss-reactive ketones (excluding diaryl/α,β-unsaturated/α-hetero) is 1. The Morgan fingerprint density at radius 3 is 2.00 bits per heavy atom. The maximum atomic E-state index is 10.7. The number of rotatable bonds is 11. The first-order chi connectivity index (χ1) is 9.08. The lowest BCUT2D eigenvalue weighted by molar-refractivity contribution is -0.117. The highest BCUT2D eigenvalue weighted by molar-refractivity contribution is 5.75. The molecule has 0 aliphatic rings. The zero-order valence-electron chi connectivity index (χ0n) is 12.4. The Labute approximate surface area is 119 Å². The molecule has 0 saturated heterocycles. The van der Waals surface area contributed by atoms with Crippen molar-refractivity contribution in [1.29, 1.82) is 0 Å². The molecule has 1 N–H and O–H groups in total. The van der Waals surface area contributed by atoms with Gasteiger partial charge in [0.05, 0.1) is 0 Å². The number of allylic oxidation sites excluding steroid dienone is 3. The summed E-state index contributed by atoms with van der Waals surface area (Å²) in [5.74, 6) is 0.305. The van der Waals surface area contributed by atoms with Crippen molar-refractivity contribution >= 4 is 5.78 Å². The van der Waals surface area contributed by atoms with Crippen LogP contribution in [0, 0.1) is 0 Å². The largest absolute Gasteiger partial charge is 0.386 e. The molecule has 19 heavy (non-hydrogen) atoms. The van der Waals surface area contributed by atoms with Crippen molar-refractivity contribution in [2.45, 2.75) is 45.4 Å². The summed E-state index contributed by atoms with van der Waals surface area (Å²) in [4.78, 5) is 10.7. The summed E-state index contributed by atoms with van der Waals surface area (Å²) in [5.41, 5.74) is 0.895. The number of hydrogen-bond donors (Lipinski definition) is 1. The van der Waals surface area contributed by atoms with E-state index in [1.54, 1.807) is 25.2 Å². The average molecular weight is 263 g/mol. The molecule has 108 valence electrons. The van der Waals surface area contributed by atoms with E-state index in [1.807, 2.05) is 0 Å². The summed E-state index contributed by atoms with van der Waals surface area (Å²) < 4.78 is 0. The van der Waals surface area contributed by atoms with Crippen molar-refractivity contribution < 1.29 is 4.79 Å². The van der Waals surface area contributed by atoms with Crippen LogP contribution in [0.15, 0.2) is 50.2 Å². The standard InChI is InChI=1S/C13H23NO.C4H6/c1-4-12(2)14-11-9-7-5-6-8-10-13(3)15;1-3-4-2/h4,14H,1-2,5-11H2,3H3;3-4H,1-2H2. The van der Waals surface area contributed by atoms with E-state index in [2.05, 4.69) is 31.6 Å². The first-order valence-corrected chi connectivity index (χ1v) is 6.86. The minimum Gasteiger partial charge on any atom is -0.386 e. The predicted molar refractivity (Wildman–Crippen MR) is 86.1 cm³/mol. The highest BCUT2D eigenvalue weighted by Gasteiger charge is 1.94. The molecule has 0 aromatic carbocycles. The van der Waals surface area contributed by atoms with Gasteiger partial charge < -0.3 is 10.1 Å². The van der Waals surface area contributed by atoms with Crippen LogP contribution in [0.2, 0.25) is 0 Å². The predicted octanol–water partition coefficient (Wildman–Crippen LogP) is 4.56. The van der Waals surface area contributed by atoms with Crippen LogP contribution >= 0.6 is 0 Å². The third-order valence-corrected chi connectivity index (χ3v) is 2.47. The molecule has 0 aliphatic carbocycles. The number of ketones is 1. The van der Waals surface area contributed by atoms with Gasteiger partial charge in [-0.1, -0.05) is 57.7 Å². The number of carbonyl (C=O) groups is 1. The molecule has 0 aromatic rings. The first-order valence-electron chi connectivity index (χ1n) is 6.86. The van der Waals surface area contributed by atoms with Crippen LogP contribution in [0.25, 0.3) is 0 Å². The Hall–Kier alpha value is -1.57. The second-order valence-electron chi connectivity index (χ2n) is 4.35. The highest BCUT2D eigenvalue weighted by Crippen LogP contribution is 2.05. The van der Waals surface area contributed by atoms with Crippen molar-refractivity contribution in [1.82, 2.24) is 5.32 Å². The Kier molecular flexibility index (Phi) is 17.1. The van der Waals surface area contributed by atoms with E-state index in [4.69, 9.17) is 0 Å². The molecule has 0 rings (SSSR count). The lowest BCUT2D eigenvalue weighted by Crippen LogP contribution is -2.11. The smallest absolute Gasteiger partial charge is 0.129 e. The Morgan fingerprint density at radius 2 is 1.53 bits per heavy atom. The number of unbranched alkanes of at least 4 members (excludes halogenated alkanes) is 4. The summed E-state index contributed by atoms with van der Waals surface area (Å²) in [6.45, 7) is 16.7. The van der Waals surface area contributed by atoms with E-state index in [9.17, 15) is 4.79 Å². The SMILES string of the molecule is C=CC(=C)NCCCCCCCC(C)=O.C=CC=C. The van der Waals surface area contributed by atoms with Gasteiger partial charge in [0.25, 0.3) is 0 Å². The van der Waals surface area contributed by atoms with E-state index in [1.165, 1.54) is 19.3 Å². The second kappa shape index (κ2) is 16.4. The van der Waals surface area contributed by atoms with Crippen LogP contribution < -0.4 is 5.32 Å². The maximum absolute atomic E-state index is 10.7. The summed E-state index contributed by atoms with van der Waals surface area (Å²) in [6, 6.07) is 0. The molecule has 0 saturated carbocycles. The second-order valence-corrected chi connectivity index (χ2v) is 4.35.